The van der Waals surface area contributed by atoms with Gasteiger partial charge in [0, 0.05) is 24.2 Å². The lowest BCUT2D eigenvalue weighted by Crippen LogP contribution is -2.40. The van der Waals surface area contributed by atoms with Crippen LogP contribution in [0.3, 0.4) is 0 Å². The molecule has 100 valence electrons. The van der Waals surface area contributed by atoms with Crippen LogP contribution in [0, 0.1) is 0 Å². The lowest BCUT2D eigenvalue weighted by molar-refractivity contribution is 0.234. The van der Waals surface area contributed by atoms with Gasteiger partial charge in [-0.1, -0.05) is 12.1 Å². The highest BCUT2D eigenvalue weighted by Gasteiger charge is 2.15. The van der Waals surface area contributed by atoms with Crippen LogP contribution in [0.25, 0.3) is 10.9 Å². The topological polar surface area (TPSA) is 28.2 Å². The van der Waals surface area contributed by atoms with Gasteiger partial charge in [-0.15, -0.1) is 0 Å². The van der Waals surface area contributed by atoms with Crippen molar-refractivity contribution in [3.63, 3.8) is 0 Å². The number of nitrogens with zero attached hydrogens (tertiary/aromatic N) is 2. The van der Waals surface area contributed by atoms with Crippen LogP contribution in [-0.4, -0.2) is 36.1 Å². The van der Waals surface area contributed by atoms with Gasteiger partial charge in [-0.05, 0) is 56.7 Å². The molecular weight excluding hydrogens is 234 g/mol. The van der Waals surface area contributed by atoms with Crippen molar-refractivity contribution in [2.75, 3.05) is 20.1 Å². The SMILES string of the molecule is CN1CCC(NCc2ccc3ncccc3c2)CC1. The minimum atomic E-state index is 0.667. The number of hydrogen-bond acceptors (Lipinski definition) is 3. The molecule has 1 aliphatic rings. The van der Waals surface area contributed by atoms with Gasteiger partial charge in [-0.3, -0.25) is 4.98 Å². The first-order chi connectivity index (χ1) is 9.31. The van der Waals surface area contributed by atoms with E-state index in [0.717, 1.165) is 12.1 Å². The summed E-state index contributed by atoms with van der Waals surface area (Å²) in [5.74, 6) is 0. The van der Waals surface area contributed by atoms with Crippen LogP contribution in [-0.2, 0) is 6.54 Å². The summed E-state index contributed by atoms with van der Waals surface area (Å²) in [6.45, 7) is 3.37. The van der Waals surface area contributed by atoms with E-state index in [2.05, 4.69) is 46.5 Å². The summed E-state index contributed by atoms with van der Waals surface area (Å²) < 4.78 is 0. The van der Waals surface area contributed by atoms with E-state index in [1.807, 2.05) is 12.3 Å². The van der Waals surface area contributed by atoms with Gasteiger partial charge in [0.2, 0.25) is 0 Å². The molecule has 1 fully saturated rings. The van der Waals surface area contributed by atoms with Crippen molar-refractivity contribution >= 4 is 10.9 Å². The first-order valence-corrected chi connectivity index (χ1v) is 7.07. The zero-order chi connectivity index (χ0) is 13.1. The van der Waals surface area contributed by atoms with Crippen molar-refractivity contribution in [3.8, 4) is 0 Å². The zero-order valence-electron chi connectivity index (χ0n) is 11.5. The van der Waals surface area contributed by atoms with Gasteiger partial charge in [-0.2, -0.15) is 0 Å². The van der Waals surface area contributed by atoms with Crippen molar-refractivity contribution in [2.45, 2.75) is 25.4 Å². The average Bonchev–Trinajstić information content (AvgIpc) is 2.46. The molecule has 3 heteroatoms. The molecule has 19 heavy (non-hydrogen) atoms. The van der Waals surface area contributed by atoms with E-state index in [-0.39, 0.29) is 0 Å². The minimum Gasteiger partial charge on any atom is -0.310 e. The Labute approximate surface area is 114 Å². The van der Waals surface area contributed by atoms with Crippen LogP contribution in [0.4, 0.5) is 0 Å². The number of benzene rings is 1. The Morgan fingerprint density at radius 3 is 2.95 bits per heavy atom. The second kappa shape index (κ2) is 5.68. The largest absolute Gasteiger partial charge is 0.310 e. The maximum Gasteiger partial charge on any atom is 0.0702 e. The van der Waals surface area contributed by atoms with Gasteiger partial charge < -0.3 is 10.2 Å². The number of piperidine rings is 1. The Kier molecular flexibility index (Phi) is 3.76. The molecule has 0 unspecified atom stereocenters. The van der Waals surface area contributed by atoms with E-state index in [1.165, 1.54) is 36.9 Å². The van der Waals surface area contributed by atoms with Crippen LogP contribution < -0.4 is 5.32 Å². The van der Waals surface area contributed by atoms with Crippen LogP contribution in [0.2, 0.25) is 0 Å². The fourth-order valence-electron chi connectivity index (χ4n) is 2.71. The normalized spacial score (nSPS) is 17.9. The number of nitrogens with one attached hydrogen (secondary N) is 1. The van der Waals surface area contributed by atoms with E-state index in [9.17, 15) is 0 Å². The molecule has 1 aromatic carbocycles. The molecule has 0 amide bonds. The van der Waals surface area contributed by atoms with Crippen molar-refractivity contribution in [1.82, 2.24) is 15.2 Å². The Morgan fingerprint density at radius 1 is 1.26 bits per heavy atom. The first-order valence-electron chi connectivity index (χ1n) is 7.07. The van der Waals surface area contributed by atoms with Crippen LogP contribution in [0.15, 0.2) is 36.5 Å². The number of fused-ring (bicyclic) bond motifs is 1. The summed E-state index contributed by atoms with van der Waals surface area (Å²) in [5, 5.41) is 4.90. The molecule has 3 nitrogen and oxygen atoms in total. The van der Waals surface area contributed by atoms with E-state index in [1.54, 1.807) is 0 Å². The highest BCUT2D eigenvalue weighted by Crippen LogP contribution is 2.14. The predicted octanol–water partition coefficient (Wildman–Crippen LogP) is 2.42. The molecule has 0 aliphatic carbocycles. The molecule has 2 aromatic rings. The van der Waals surface area contributed by atoms with Gasteiger partial charge in [-0.25, -0.2) is 0 Å². The number of pyridine rings is 1. The molecule has 1 aliphatic heterocycles. The van der Waals surface area contributed by atoms with E-state index < -0.39 is 0 Å². The van der Waals surface area contributed by atoms with E-state index in [0.29, 0.717) is 6.04 Å². The van der Waals surface area contributed by atoms with Crippen molar-refractivity contribution in [1.29, 1.82) is 0 Å². The summed E-state index contributed by atoms with van der Waals surface area (Å²) in [6.07, 6.45) is 4.36. The number of likely N-dealkylation sites (tertiary alicyclic amines) is 1. The fourth-order valence-corrected chi connectivity index (χ4v) is 2.71. The molecule has 1 N–H and O–H groups in total. The summed E-state index contributed by atoms with van der Waals surface area (Å²) in [4.78, 5) is 6.76. The lowest BCUT2D eigenvalue weighted by atomic mass is 10.0. The smallest absolute Gasteiger partial charge is 0.0702 e. The number of rotatable bonds is 3. The van der Waals surface area contributed by atoms with Crippen LogP contribution >= 0.6 is 0 Å². The monoisotopic (exact) mass is 255 g/mol. The van der Waals surface area contributed by atoms with Crippen LogP contribution in [0.1, 0.15) is 18.4 Å². The second-order valence-corrected chi connectivity index (χ2v) is 5.49. The van der Waals surface area contributed by atoms with E-state index in [4.69, 9.17) is 0 Å². The third-order valence-corrected chi connectivity index (χ3v) is 3.98. The average molecular weight is 255 g/mol. The van der Waals surface area contributed by atoms with E-state index >= 15 is 0 Å². The van der Waals surface area contributed by atoms with Gasteiger partial charge in [0.15, 0.2) is 0 Å². The molecule has 1 aromatic heterocycles. The third kappa shape index (κ3) is 3.11. The van der Waals surface area contributed by atoms with Crippen LogP contribution in [0.5, 0.6) is 0 Å². The Bertz CT molecular complexity index is 544. The molecule has 2 heterocycles. The van der Waals surface area contributed by atoms with Gasteiger partial charge in [0.25, 0.3) is 0 Å². The summed E-state index contributed by atoms with van der Waals surface area (Å²) in [6, 6.07) is 11.3. The summed E-state index contributed by atoms with van der Waals surface area (Å²) in [7, 11) is 2.20. The molecule has 0 bridgehead atoms. The fraction of sp³-hybridized carbons (Fsp3) is 0.438. The first kappa shape index (κ1) is 12.6. The predicted molar refractivity (Wildman–Crippen MR) is 79.1 cm³/mol. The maximum absolute atomic E-state index is 4.35. The highest BCUT2D eigenvalue weighted by molar-refractivity contribution is 5.78. The second-order valence-electron chi connectivity index (χ2n) is 5.49. The highest BCUT2D eigenvalue weighted by atomic mass is 15.1. The zero-order valence-corrected chi connectivity index (χ0v) is 11.5. The summed E-state index contributed by atoms with van der Waals surface area (Å²) >= 11 is 0. The van der Waals surface area contributed by atoms with Gasteiger partial charge in [0.05, 0.1) is 5.52 Å². The Balaban J connectivity index is 1.62. The quantitative estimate of drug-likeness (QED) is 0.913. The molecule has 0 radical (unpaired) electrons. The molecule has 0 atom stereocenters. The third-order valence-electron chi connectivity index (χ3n) is 3.98. The molecular formula is C16H21N3. The summed E-state index contributed by atoms with van der Waals surface area (Å²) in [5.41, 5.74) is 2.42. The minimum absolute atomic E-state index is 0.667. The van der Waals surface area contributed by atoms with Crippen molar-refractivity contribution in [2.24, 2.45) is 0 Å². The van der Waals surface area contributed by atoms with Gasteiger partial charge in [0.1, 0.15) is 0 Å². The maximum atomic E-state index is 4.35. The number of aromatic nitrogens is 1. The van der Waals surface area contributed by atoms with Crippen molar-refractivity contribution < 1.29 is 0 Å². The Morgan fingerprint density at radius 2 is 2.11 bits per heavy atom. The molecule has 1 saturated heterocycles. The standard InChI is InChI=1S/C16H21N3/c1-19-9-6-15(7-10-19)18-12-13-4-5-16-14(11-13)3-2-8-17-16/h2-5,8,11,15,18H,6-7,9-10,12H2,1H3. The number of hydrogen-bond donors (Lipinski definition) is 1. The molecule has 0 spiro atoms. The van der Waals surface area contributed by atoms with Crippen molar-refractivity contribution in [3.05, 3.63) is 42.1 Å². The lowest BCUT2D eigenvalue weighted by Gasteiger charge is -2.29. The molecule has 3 rings (SSSR count). The van der Waals surface area contributed by atoms with Gasteiger partial charge >= 0.3 is 0 Å². The molecule has 0 saturated carbocycles. The Hall–Kier alpha value is -1.45.